The summed E-state index contributed by atoms with van der Waals surface area (Å²) in [6.45, 7) is 1.95. The van der Waals surface area contributed by atoms with Gasteiger partial charge in [-0.1, -0.05) is 6.07 Å². The summed E-state index contributed by atoms with van der Waals surface area (Å²) in [7, 11) is 0. The van der Waals surface area contributed by atoms with Crippen LogP contribution in [0.5, 0.6) is 0 Å². The first-order valence-electron chi connectivity index (χ1n) is 10.9. The van der Waals surface area contributed by atoms with E-state index in [2.05, 4.69) is 16.0 Å². The van der Waals surface area contributed by atoms with E-state index in [4.69, 9.17) is 12.2 Å². The Balaban J connectivity index is 1.24. The number of carbonyl (C=O) groups excluding carboxylic acids is 2. The molecule has 5 fully saturated rings. The van der Waals surface area contributed by atoms with Gasteiger partial charge >= 0.3 is 0 Å². The van der Waals surface area contributed by atoms with E-state index in [-0.39, 0.29) is 23.1 Å². The molecule has 29 heavy (non-hydrogen) atoms. The Morgan fingerprint density at radius 2 is 1.52 bits per heavy atom. The van der Waals surface area contributed by atoms with Gasteiger partial charge in [0.15, 0.2) is 5.11 Å². The van der Waals surface area contributed by atoms with Gasteiger partial charge in [0.25, 0.3) is 0 Å². The molecule has 6 heteroatoms. The second kappa shape index (κ2) is 7.08. The predicted octanol–water partition coefficient (Wildman–Crippen LogP) is 4.37. The molecule has 0 aromatic heterocycles. The number of hydrogen-bond donors (Lipinski definition) is 3. The molecule has 1 aromatic rings. The van der Waals surface area contributed by atoms with Crippen LogP contribution in [0.1, 0.15) is 56.9 Å². The minimum absolute atomic E-state index is 0.0861. The highest BCUT2D eigenvalue weighted by atomic mass is 32.1. The van der Waals surface area contributed by atoms with Gasteiger partial charge in [-0.05, 0) is 106 Å². The Labute approximate surface area is 177 Å². The zero-order chi connectivity index (χ0) is 20.2. The van der Waals surface area contributed by atoms with Crippen LogP contribution in [0.15, 0.2) is 18.2 Å². The molecule has 0 spiro atoms. The predicted molar refractivity (Wildman–Crippen MR) is 118 cm³/mol. The van der Waals surface area contributed by atoms with Crippen molar-refractivity contribution < 1.29 is 9.59 Å². The van der Waals surface area contributed by atoms with Crippen molar-refractivity contribution in [2.75, 3.05) is 10.6 Å². The molecule has 6 rings (SSSR count). The summed E-state index contributed by atoms with van der Waals surface area (Å²) in [4.78, 5) is 25.3. The molecule has 0 unspecified atom stereocenters. The highest BCUT2D eigenvalue weighted by Crippen LogP contribution is 2.60. The van der Waals surface area contributed by atoms with Crippen LogP contribution in [0.4, 0.5) is 11.4 Å². The number of carbonyl (C=O) groups is 2. The molecule has 154 valence electrons. The summed E-state index contributed by atoms with van der Waals surface area (Å²) in [5.41, 5.74) is 2.32. The van der Waals surface area contributed by atoms with E-state index in [9.17, 15) is 9.59 Å². The maximum Gasteiger partial charge on any atom is 0.232 e. The molecule has 5 aliphatic carbocycles. The second-order valence-corrected chi connectivity index (χ2v) is 10.3. The van der Waals surface area contributed by atoms with Crippen LogP contribution in [0.3, 0.4) is 0 Å². The Bertz CT molecular complexity index is 842. The summed E-state index contributed by atoms with van der Waals surface area (Å²) >= 11 is 5.48. The van der Waals surface area contributed by atoms with Gasteiger partial charge in [-0.3, -0.25) is 9.59 Å². The largest absolute Gasteiger partial charge is 0.332 e. The van der Waals surface area contributed by atoms with Gasteiger partial charge in [-0.2, -0.15) is 0 Å². The first kappa shape index (κ1) is 19.0. The molecule has 0 saturated heterocycles. The lowest BCUT2D eigenvalue weighted by Gasteiger charge is -2.55. The fourth-order valence-electron chi connectivity index (χ4n) is 6.26. The van der Waals surface area contributed by atoms with E-state index >= 15 is 0 Å². The van der Waals surface area contributed by atoms with Gasteiger partial charge < -0.3 is 16.0 Å². The van der Waals surface area contributed by atoms with Crippen molar-refractivity contribution in [1.82, 2.24) is 5.32 Å². The minimum atomic E-state index is -0.213. The van der Waals surface area contributed by atoms with Crippen molar-refractivity contribution in [3.05, 3.63) is 23.8 Å². The monoisotopic (exact) mass is 411 g/mol. The Kier molecular flexibility index (Phi) is 4.65. The smallest absolute Gasteiger partial charge is 0.232 e. The number of nitrogens with one attached hydrogen (secondary N) is 3. The molecule has 0 atom stereocenters. The van der Waals surface area contributed by atoms with E-state index in [1.54, 1.807) is 0 Å². The SMILES string of the molecule is Cc1c(NC(=O)C2CC2)cccc1NC(=S)NC(=O)C12CC3CC(CC(C3)C1)C2. The fourth-order valence-corrected chi connectivity index (χ4v) is 6.47. The highest BCUT2D eigenvalue weighted by Gasteiger charge is 2.54. The van der Waals surface area contributed by atoms with E-state index in [1.807, 2.05) is 25.1 Å². The molecule has 3 N–H and O–H groups in total. The molecule has 0 radical (unpaired) electrons. The van der Waals surface area contributed by atoms with Crippen LogP contribution in [-0.2, 0) is 9.59 Å². The van der Waals surface area contributed by atoms with Gasteiger partial charge in [0.1, 0.15) is 0 Å². The van der Waals surface area contributed by atoms with Crippen LogP contribution in [-0.4, -0.2) is 16.9 Å². The third kappa shape index (κ3) is 3.67. The summed E-state index contributed by atoms with van der Waals surface area (Å²) in [6.07, 6.45) is 8.96. The van der Waals surface area contributed by atoms with Crippen molar-refractivity contribution in [1.29, 1.82) is 0 Å². The second-order valence-electron chi connectivity index (χ2n) is 9.85. The zero-order valence-electron chi connectivity index (χ0n) is 16.9. The number of anilines is 2. The number of rotatable bonds is 4. The molecule has 5 aliphatic rings. The highest BCUT2D eigenvalue weighted by molar-refractivity contribution is 7.80. The fraction of sp³-hybridized carbons (Fsp3) is 0.609. The Morgan fingerprint density at radius 3 is 2.07 bits per heavy atom. The summed E-state index contributed by atoms with van der Waals surface area (Å²) in [5, 5.41) is 9.53. The van der Waals surface area contributed by atoms with Gasteiger partial charge in [-0.25, -0.2) is 0 Å². The number of amides is 2. The minimum Gasteiger partial charge on any atom is -0.332 e. The summed E-state index contributed by atoms with van der Waals surface area (Å²) in [5.74, 6) is 2.52. The molecule has 0 aliphatic heterocycles. The van der Waals surface area contributed by atoms with E-state index < -0.39 is 0 Å². The zero-order valence-corrected chi connectivity index (χ0v) is 17.7. The molecular formula is C23H29N3O2S. The van der Waals surface area contributed by atoms with Gasteiger partial charge in [0.05, 0.1) is 5.41 Å². The average molecular weight is 412 g/mol. The molecule has 5 nitrogen and oxygen atoms in total. The molecular weight excluding hydrogens is 382 g/mol. The summed E-state index contributed by atoms with van der Waals surface area (Å²) < 4.78 is 0. The molecule has 0 heterocycles. The van der Waals surface area contributed by atoms with Crippen LogP contribution in [0, 0.1) is 36.0 Å². The quantitative estimate of drug-likeness (QED) is 0.644. The van der Waals surface area contributed by atoms with Crippen LogP contribution < -0.4 is 16.0 Å². The number of thiocarbonyl (C=S) groups is 1. The van der Waals surface area contributed by atoms with Crippen LogP contribution >= 0.6 is 12.2 Å². The van der Waals surface area contributed by atoms with E-state index in [0.29, 0.717) is 5.11 Å². The van der Waals surface area contributed by atoms with Gasteiger partial charge in [0.2, 0.25) is 11.8 Å². The van der Waals surface area contributed by atoms with Crippen molar-refractivity contribution >= 4 is 40.5 Å². The summed E-state index contributed by atoms with van der Waals surface area (Å²) in [6, 6.07) is 5.71. The standard InChI is InChI=1S/C23H29N3O2S/c1-13-18(24-20(27)17-5-6-17)3-2-4-19(13)25-22(29)26-21(28)23-10-14-7-15(11-23)9-16(8-14)12-23/h2-4,14-17H,5-12H2,1H3,(H,24,27)(H2,25,26,28,29). The van der Waals surface area contributed by atoms with Gasteiger partial charge in [-0.15, -0.1) is 0 Å². The Hall–Kier alpha value is -1.95. The lowest BCUT2D eigenvalue weighted by molar-refractivity contribution is -0.144. The first-order chi connectivity index (χ1) is 13.9. The van der Waals surface area contributed by atoms with E-state index in [1.165, 1.54) is 19.3 Å². The van der Waals surface area contributed by atoms with Crippen LogP contribution in [0.25, 0.3) is 0 Å². The van der Waals surface area contributed by atoms with Crippen molar-refractivity contribution in [3.8, 4) is 0 Å². The average Bonchev–Trinajstić information content (AvgIpc) is 3.49. The molecule has 5 saturated carbocycles. The van der Waals surface area contributed by atoms with Gasteiger partial charge in [0, 0.05) is 17.3 Å². The lowest BCUT2D eigenvalue weighted by Crippen LogP contribution is -2.55. The normalized spacial score (nSPS) is 32.0. The number of hydrogen-bond acceptors (Lipinski definition) is 3. The maximum atomic E-state index is 13.2. The van der Waals surface area contributed by atoms with Crippen molar-refractivity contribution in [3.63, 3.8) is 0 Å². The molecule has 1 aromatic carbocycles. The van der Waals surface area contributed by atoms with Crippen molar-refractivity contribution in [2.45, 2.75) is 58.3 Å². The maximum absolute atomic E-state index is 13.2. The molecule has 4 bridgehead atoms. The third-order valence-corrected chi connectivity index (χ3v) is 7.74. The van der Waals surface area contributed by atoms with E-state index in [0.717, 1.165) is 66.8 Å². The first-order valence-corrected chi connectivity index (χ1v) is 11.4. The number of benzene rings is 1. The lowest BCUT2D eigenvalue weighted by atomic mass is 9.49. The topological polar surface area (TPSA) is 70.2 Å². The van der Waals surface area contributed by atoms with Crippen LogP contribution in [0.2, 0.25) is 0 Å². The third-order valence-electron chi connectivity index (χ3n) is 7.53. The Morgan fingerprint density at radius 1 is 0.966 bits per heavy atom. The molecule has 2 amide bonds. The van der Waals surface area contributed by atoms with Crippen molar-refractivity contribution in [2.24, 2.45) is 29.1 Å².